The SMILES string of the molecule is COC(=O)c1ccc(N(c2ccc(B3OC(C)(C)C(C)(C)O3)cc2)c2ccc(C(=O)OC)cc2)cc1. The van der Waals surface area contributed by atoms with Gasteiger partial charge in [-0.1, -0.05) is 12.1 Å². The Bertz CT molecular complexity index is 1160. The number of hydrogen-bond acceptors (Lipinski definition) is 7. The number of methoxy groups -OCH3 is 2. The lowest BCUT2D eigenvalue weighted by Crippen LogP contribution is -2.41. The number of benzene rings is 3. The van der Waals surface area contributed by atoms with Gasteiger partial charge in [0.2, 0.25) is 0 Å². The van der Waals surface area contributed by atoms with Crippen LogP contribution in [-0.4, -0.2) is 44.5 Å². The molecule has 3 aromatic carbocycles. The molecule has 0 bridgehead atoms. The third-order valence-corrected chi connectivity index (χ3v) is 6.77. The number of nitrogens with zero attached hydrogens (tertiary/aromatic N) is 1. The predicted molar refractivity (Wildman–Crippen MR) is 140 cm³/mol. The van der Waals surface area contributed by atoms with Crippen LogP contribution >= 0.6 is 0 Å². The van der Waals surface area contributed by atoms with Crippen molar-refractivity contribution >= 4 is 41.6 Å². The monoisotopic (exact) mass is 487 g/mol. The Hall–Kier alpha value is -3.62. The highest BCUT2D eigenvalue weighted by molar-refractivity contribution is 6.62. The lowest BCUT2D eigenvalue weighted by Gasteiger charge is -2.32. The highest BCUT2D eigenvalue weighted by Crippen LogP contribution is 2.37. The Labute approximate surface area is 212 Å². The number of rotatable bonds is 6. The van der Waals surface area contributed by atoms with Crippen molar-refractivity contribution in [1.82, 2.24) is 0 Å². The third kappa shape index (κ3) is 4.87. The van der Waals surface area contributed by atoms with E-state index in [-0.39, 0.29) is 0 Å². The van der Waals surface area contributed by atoms with Gasteiger partial charge in [0.15, 0.2) is 0 Å². The zero-order chi connectivity index (χ0) is 26.1. The maximum absolute atomic E-state index is 11.9. The Morgan fingerprint density at radius 3 is 1.31 bits per heavy atom. The Morgan fingerprint density at radius 1 is 0.639 bits per heavy atom. The van der Waals surface area contributed by atoms with E-state index in [9.17, 15) is 9.59 Å². The quantitative estimate of drug-likeness (QED) is 0.357. The highest BCUT2D eigenvalue weighted by atomic mass is 16.7. The van der Waals surface area contributed by atoms with Crippen molar-refractivity contribution in [3.05, 3.63) is 83.9 Å². The van der Waals surface area contributed by atoms with Crippen LogP contribution in [0.2, 0.25) is 0 Å². The average Bonchev–Trinajstić information content (AvgIpc) is 3.11. The minimum atomic E-state index is -0.462. The lowest BCUT2D eigenvalue weighted by atomic mass is 9.79. The van der Waals surface area contributed by atoms with E-state index in [1.165, 1.54) is 14.2 Å². The average molecular weight is 487 g/mol. The molecule has 7 nitrogen and oxygen atoms in total. The second kappa shape index (κ2) is 9.80. The molecule has 36 heavy (non-hydrogen) atoms. The van der Waals surface area contributed by atoms with Crippen LogP contribution in [0.25, 0.3) is 0 Å². The summed E-state index contributed by atoms with van der Waals surface area (Å²) in [6.45, 7) is 8.11. The van der Waals surface area contributed by atoms with Crippen molar-refractivity contribution in [2.75, 3.05) is 19.1 Å². The summed E-state index contributed by atoms with van der Waals surface area (Å²) in [5.74, 6) is -0.801. The zero-order valence-electron chi connectivity index (χ0n) is 21.4. The maximum atomic E-state index is 11.9. The largest absolute Gasteiger partial charge is 0.494 e. The molecule has 0 aromatic heterocycles. The van der Waals surface area contributed by atoms with Crippen LogP contribution in [0.15, 0.2) is 72.8 Å². The van der Waals surface area contributed by atoms with E-state index in [4.69, 9.17) is 18.8 Å². The Kier molecular flexibility index (Phi) is 6.93. The molecule has 1 aliphatic heterocycles. The van der Waals surface area contributed by atoms with Gasteiger partial charge in [0, 0.05) is 17.1 Å². The molecule has 4 rings (SSSR count). The van der Waals surface area contributed by atoms with Crippen molar-refractivity contribution in [3.63, 3.8) is 0 Å². The molecular weight excluding hydrogens is 457 g/mol. The first-order valence-electron chi connectivity index (χ1n) is 11.7. The van der Waals surface area contributed by atoms with Crippen molar-refractivity contribution < 1.29 is 28.4 Å². The lowest BCUT2D eigenvalue weighted by molar-refractivity contribution is 0.00578. The van der Waals surface area contributed by atoms with E-state index in [2.05, 4.69) is 0 Å². The molecular formula is C28H30BNO6. The summed E-state index contributed by atoms with van der Waals surface area (Å²) in [7, 11) is 2.25. The molecule has 0 radical (unpaired) electrons. The van der Waals surface area contributed by atoms with Crippen LogP contribution in [0.1, 0.15) is 48.4 Å². The molecule has 0 N–H and O–H groups in total. The predicted octanol–water partition coefficient (Wildman–Crippen LogP) is 5.03. The van der Waals surface area contributed by atoms with Gasteiger partial charge in [-0.05, 0) is 93.8 Å². The molecule has 3 aromatic rings. The van der Waals surface area contributed by atoms with E-state index in [0.29, 0.717) is 11.1 Å². The van der Waals surface area contributed by atoms with Gasteiger partial charge >= 0.3 is 19.1 Å². The van der Waals surface area contributed by atoms with Gasteiger partial charge in [0.25, 0.3) is 0 Å². The molecule has 1 fully saturated rings. The number of carbonyl (C=O) groups excluding carboxylic acids is 2. The minimum Gasteiger partial charge on any atom is -0.465 e. The summed E-state index contributed by atoms with van der Waals surface area (Å²) in [6, 6.07) is 22.2. The van der Waals surface area contributed by atoms with Crippen LogP contribution in [0, 0.1) is 0 Å². The zero-order valence-corrected chi connectivity index (χ0v) is 21.4. The number of hydrogen-bond donors (Lipinski definition) is 0. The second-order valence-electron chi connectivity index (χ2n) is 9.59. The van der Waals surface area contributed by atoms with Crippen molar-refractivity contribution in [2.45, 2.75) is 38.9 Å². The molecule has 1 heterocycles. The summed E-state index contributed by atoms with van der Waals surface area (Å²) in [5.41, 5.74) is 3.52. The summed E-state index contributed by atoms with van der Waals surface area (Å²) in [4.78, 5) is 25.9. The topological polar surface area (TPSA) is 74.3 Å². The van der Waals surface area contributed by atoms with E-state index in [1.54, 1.807) is 24.3 Å². The number of esters is 2. The number of carbonyl (C=O) groups is 2. The molecule has 1 aliphatic rings. The first-order chi connectivity index (χ1) is 17.1. The van der Waals surface area contributed by atoms with Crippen LogP contribution < -0.4 is 10.4 Å². The fraction of sp³-hybridized carbons (Fsp3) is 0.286. The Balaban J connectivity index is 1.69. The van der Waals surface area contributed by atoms with E-state index < -0.39 is 30.3 Å². The molecule has 1 saturated heterocycles. The van der Waals surface area contributed by atoms with Crippen molar-refractivity contribution in [1.29, 1.82) is 0 Å². The van der Waals surface area contributed by atoms with E-state index in [0.717, 1.165) is 22.5 Å². The highest BCUT2D eigenvalue weighted by Gasteiger charge is 2.51. The molecule has 0 saturated carbocycles. The molecule has 0 aliphatic carbocycles. The molecule has 0 spiro atoms. The molecule has 0 atom stereocenters. The molecule has 0 amide bonds. The van der Waals surface area contributed by atoms with Crippen LogP contribution in [-0.2, 0) is 18.8 Å². The van der Waals surface area contributed by atoms with Crippen molar-refractivity contribution in [3.8, 4) is 0 Å². The van der Waals surface area contributed by atoms with Crippen LogP contribution in [0.4, 0.5) is 17.1 Å². The molecule has 186 valence electrons. The van der Waals surface area contributed by atoms with Gasteiger partial charge in [-0.3, -0.25) is 0 Å². The van der Waals surface area contributed by atoms with Crippen LogP contribution in [0.3, 0.4) is 0 Å². The normalized spacial score (nSPS) is 15.9. The van der Waals surface area contributed by atoms with E-state index in [1.807, 2.05) is 81.1 Å². The summed E-state index contributed by atoms with van der Waals surface area (Å²) >= 11 is 0. The first kappa shape index (κ1) is 25.5. The minimum absolute atomic E-state index is 0.401. The molecule has 8 heteroatoms. The number of anilines is 3. The van der Waals surface area contributed by atoms with Gasteiger partial charge in [-0.25, -0.2) is 9.59 Å². The van der Waals surface area contributed by atoms with Gasteiger partial charge in [0.05, 0.1) is 36.5 Å². The Morgan fingerprint density at radius 2 is 0.972 bits per heavy atom. The standard InChI is InChI=1S/C28H30BNO6/c1-27(2)28(3,4)36-29(35-27)21-11-17-24(18-12-21)30(22-13-7-19(8-14-22)25(31)33-5)23-15-9-20(10-16-23)26(32)34-6/h7-18H,1-6H3. The number of ether oxygens (including phenoxy) is 2. The van der Waals surface area contributed by atoms with E-state index >= 15 is 0 Å². The molecule has 0 unspecified atom stereocenters. The maximum Gasteiger partial charge on any atom is 0.494 e. The van der Waals surface area contributed by atoms with Gasteiger partial charge in [0.1, 0.15) is 0 Å². The smallest absolute Gasteiger partial charge is 0.465 e. The third-order valence-electron chi connectivity index (χ3n) is 6.77. The van der Waals surface area contributed by atoms with Gasteiger partial charge in [-0.2, -0.15) is 0 Å². The second-order valence-corrected chi connectivity index (χ2v) is 9.59. The fourth-order valence-corrected chi connectivity index (χ4v) is 3.94. The van der Waals surface area contributed by atoms with Gasteiger partial charge in [-0.15, -0.1) is 0 Å². The van der Waals surface area contributed by atoms with Gasteiger partial charge < -0.3 is 23.7 Å². The van der Waals surface area contributed by atoms with Crippen molar-refractivity contribution in [2.24, 2.45) is 0 Å². The first-order valence-corrected chi connectivity index (χ1v) is 11.7. The summed E-state index contributed by atoms with van der Waals surface area (Å²) in [6.07, 6.45) is 0. The summed E-state index contributed by atoms with van der Waals surface area (Å²) in [5, 5.41) is 0. The fourth-order valence-electron chi connectivity index (χ4n) is 3.94. The van der Waals surface area contributed by atoms with Crippen LogP contribution in [0.5, 0.6) is 0 Å². The summed E-state index contributed by atoms with van der Waals surface area (Å²) < 4.78 is 22.0.